The lowest BCUT2D eigenvalue weighted by Crippen LogP contribution is -1.82. The highest BCUT2D eigenvalue weighted by Crippen LogP contribution is 1.54. The van der Waals surface area contributed by atoms with Crippen LogP contribution in [0, 0.1) is 0 Å². The van der Waals surface area contributed by atoms with E-state index in [2.05, 4.69) is 12.3 Å². The maximum absolute atomic E-state index is 9.25. The van der Waals surface area contributed by atoms with Crippen molar-refractivity contribution in [2.75, 3.05) is 7.05 Å². The molecular weight excluding hydrogens is 130 g/mol. The molecule has 0 amide bonds. The number of aliphatic carboxylic acids is 1. The molecule has 0 saturated heterocycles. The maximum Gasteiger partial charge on any atom is 0.327 e. The minimum absolute atomic E-state index is 0. The van der Waals surface area contributed by atoms with Gasteiger partial charge in [0.05, 0.1) is 0 Å². The zero-order chi connectivity index (χ0) is 6.28. The highest BCUT2D eigenvalue weighted by Gasteiger charge is 1.73. The first-order chi connectivity index (χ1) is 3.27. The van der Waals surface area contributed by atoms with Crippen LogP contribution in [0.25, 0.3) is 0 Å². The van der Waals surface area contributed by atoms with Gasteiger partial charge in [-0.1, -0.05) is 6.58 Å². The summed E-state index contributed by atoms with van der Waals surface area (Å²) >= 11 is 0. The number of nitrogens with two attached hydrogens (primary N) is 1. The van der Waals surface area contributed by atoms with Crippen molar-refractivity contribution in [2.24, 2.45) is 5.73 Å². The van der Waals surface area contributed by atoms with E-state index in [0.717, 1.165) is 6.08 Å². The normalized spacial score (nSPS) is 4.75. The third-order valence-corrected chi connectivity index (χ3v) is 0.175. The molecule has 0 bridgehead atoms. The summed E-state index contributed by atoms with van der Waals surface area (Å²) in [6.45, 7) is 2.96. The first kappa shape index (κ1) is 15.7. The minimum atomic E-state index is -0.981. The fourth-order valence-electron chi connectivity index (χ4n) is 0. The van der Waals surface area contributed by atoms with E-state index >= 15 is 0 Å². The van der Waals surface area contributed by atoms with E-state index in [-0.39, 0.29) is 12.4 Å². The Hall–Kier alpha value is -0.540. The summed E-state index contributed by atoms with van der Waals surface area (Å²) in [5.74, 6) is -0.981. The third kappa shape index (κ3) is 51.0. The van der Waals surface area contributed by atoms with Gasteiger partial charge < -0.3 is 10.8 Å². The van der Waals surface area contributed by atoms with Crippen molar-refractivity contribution in [3.05, 3.63) is 12.7 Å². The molecule has 0 rings (SSSR count). The highest BCUT2D eigenvalue weighted by atomic mass is 35.5. The quantitative estimate of drug-likeness (QED) is 0.512. The predicted octanol–water partition coefficient (Wildman–Crippen LogP) is 0.254. The van der Waals surface area contributed by atoms with E-state index in [9.17, 15) is 4.79 Å². The zero-order valence-corrected chi connectivity index (χ0v) is 5.44. The van der Waals surface area contributed by atoms with Gasteiger partial charge in [-0.15, -0.1) is 12.4 Å². The first-order valence-corrected chi connectivity index (χ1v) is 1.70. The molecule has 8 heavy (non-hydrogen) atoms. The number of hydrogen-bond acceptors (Lipinski definition) is 2. The standard InChI is InChI=1S/C3H4O2.CH5N.ClH/c1-2-3(4)5;1-2;/h2H,1H2,(H,4,5);2H2,1H3;1H. The van der Waals surface area contributed by atoms with Crippen LogP contribution in [0.5, 0.6) is 0 Å². The SMILES string of the molecule is C=CC(=O)O.CN.Cl. The molecule has 4 heteroatoms. The molecule has 0 atom stereocenters. The Bertz CT molecular complexity index is 65.1. The largest absolute Gasteiger partial charge is 0.478 e. The van der Waals surface area contributed by atoms with Crippen LogP contribution in [-0.2, 0) is 4.79 Å². The molecule has 0 aliphatic heterocycles. The van der Waals surface area contributed by atoms with Crippen molar-refractivity contribution >= 4 is 18.4 Å². The number of carbonyl (C=O) groups is 1. The molecule has 3 nitrogen and oxygen atoms in total. The molecule has 0 heterocycles. The van der Waals surface area contributed by atoms with Gasteiger partial charge in [-0.25, -0.2) is 4.79 Å². The fraction of sp³-hybridized carbons (Fsp3) is 0.250. The summed E-state index contributed by atoms with van der Waals surface area (Å²) in [6.07, 6.45) is 0.833. The topological polar surface area (TPSA) is 63.3 Å². The predicted molar refractivity (Wildman–Crippen MR) is 35.2 cm³/mol. The van der Waals surface area contributed by atoms with Crippen molar-refractivity contribution in [3.8, 4) is 0 Å². The molecule has 0 aromatic carbocycles. The molecule has 0 spiro atoms. The average Bonchev–Trinajstić information content (AvgIpc) is 1.73. The summed E-state index contributed by atoms with van der Waals surface area (Å²) < 4.78 is 0. The molecular formula is C4H10ClNO2. The summed E-state index contributed by atoms with van der Waals surface area (Å²) in [6, 6.07) is 0. The van der Waals surface area contributed by atoms with Crippen LogP contribution in [-0.4, -0.2) is 18.1 Å². The highest BCUT2D eigenvalue weighted by molar-refractivity contribution is 5.85. The van der Waals surface area contributed by atoms with Crippen LogP contribution >= 0.6 is 12.4 Å². The second-order valence-corrected chi connectivity index (χ2v) is 0.542. The Morgan fingerprint density at radius 2 is 1.88 bits per heavy atom. The molecule has 3 N–H and O–H groups in total. The molecule has 50 valence electrons. The monoisotopic (exact) mass is 139 g/mol. The van der Waals surface area contributed by atoms with Gasteiger partial charge in [-0.2, -0.15) is 0 Å². The Morgan fingerprint density at radius 3 is 1.88 bits per heavy atom. The number of carboxylic acid groups (broad SMARTS) is 1. The van der Waals surface area contributed by atoms with Gasteiger partial charge in [-0.05, 0) is 7.05 Å². The Labute approximate surface area is 54.6 Å². The van der Waals surface area contributed by atoms with Crippen LogP contribution in [0.4, 0.5) is 0 Å². The molecule has 0 radical (unpaired) electrons. The van der Waals surface area contributed by atoms with E-state index in [1.54, 1.807) is 0 Å². The van der Waals surface area contributed by atoms with Crippen LogP contribution in [0.3, 0.4) is 0 Å². The van der Waals surface area contributed by atoms with Crippen molar-refractivity contribution < 1.29 is 9.90 Å². The molecule has 0 saturated carbocycles. The van der Waals surface area contributed by atoms with E-state index in [0.29, 0.717) is 0 Å². The van der Waals surface area contributed by atoms with Crippen molar-refractivity contribution in [3.63, 3.8) is 0 Å². The van der Waals surface area contributed by atoms with E-state index in [1.165, 1.54) is 7.05 Å². The van der Waals surface area contributed by atoms with Gasteiger partial charge in [-0.3, -0.25) is 0 Å². The third-order valence-electron chi connectivity index (χ3n) is 0.175. The van der Waals surface area contributed by atoms with Gasteiger partial charge in [0.15, 0.2) is 0 Å². The second kappa shape index (κ2) is 16.1. The molecule has 0 fully saturated rings. The number of halogens is 1. The Morgan fingerprint density at radius 1 is 1.75 bits per heavy atom. The Kier molecular flexibility index (Phi) is 31.5. The van der Waals surface area contributed by atoms with Crippen LogP contribution in [0.2, 0.25) is 0 Å². The average molecular weight is 140 g/mol. The lowest BCUT2D eigenvalue weighted by atomic mass is 10.7. The molecule has 0 aliphatic carbocycles. The van der Waals surface area contributed by atoms with Gasteiger partial charge in [0.2, 0.25) is 0 Å². The lowest BCUT2D eigenvalue weighted by Gasteiger charge is -1.64. The Balaban J connectivity index is -0.0000000750. The summed E-state index contributed by atoms with van der Waals surface area (Å²) in [5.41, 5.74) is 4.50. The van der Waals surface area contributed by atoms with Gasteiger partial charge in [0.25, 0.3) is 0 Å². The summed E-state index contributed by atoms with van der Waals surface area (Å²) in [4.78, 5) is 9.25. The number of carboxylic acids is 1. The maximum atomic E-state index is 9.25. The van der Waals surface area contributed by atoms with E-state index < -0.39 is 5.97 Å². The van der Waals surface area contributed by atoms with E-state index in [4.69, 9.17) is 5.11 Å². The zero-order valence-electron chi connectivity index (χ0n) is 4.63. The summed E-state index contributed by atoms with van der Waals surface area (Å²) in [5, 5.41) is 7.60. The van der Waals surface area contributed by atoms with Crippen LogP contribution < -0.4 is 5.73 Å². The minimum Gasteiger partial charge on any atom is -0.478 e. The lowest BCUT2D eigenvalue weighted by molar-refractivity contribution is -0.131. The van der Waals surface area contributed by atoms with Gasteiger partial charge >= 0.3 is 5.97 Å². The molecule has 0 unspecified atom stereocenters. The van der Waals surface area contributed by atoms with Gasteiger partial charge in [0.1, 0.15) is 0 Å². The molecule has 0 aromatic heterocycles. The van der Waals surface area contributed by atoms with E-state index in [1.807, 2.05) is 0 Å². The van der Waals surface area contributed by atoms with Crippen LogP contribution in [0.15, 0.2) is 12.7 Å². The smallest absolute Gasteiger partial charge is 0.327 e. The van der Waals surface area contributed by atoms with Crippen molar-refractivity contribution in [2.45, 2.75) is 0 Å². The molecule has 0 aromatic rings. The second-order valence-electron chi connectivity index (χ2n) is 0.542. The van der Waals surface area contributed by atoms with Crippen LogP contribution in [0.1, 0.15) is 0 Å². The fourth-order valence-corrected chi connectivity index (χ4v) is 0. The van der Waals surface area contributed by atoms with Gasteiger partial charge in [0, 0.05) is 6.08 Å². The van der Waals surface area contributed by atoms with Crippen molar-refractivity contribution in [1.82, 2.24) is 0 Å². The number of rotatable bonds is 1. The number of hydrogen-bond donors (Lipinski definition) is 2. The first-order valence-electron chi connectivity index (χ1n) is 1.70. The van der Waals surface area contributed by atoms with Crippen molar-refractivity contribution in [1.29, 1.82) is 0 Å². The summed E-state index contributed by atoms with van der Waals surface area (Å²) in [7, 11) is 1.50. The molecule has 0 aliphatic rings.